The molecule has 0 aliphatic heterocycles. The number of hydrogen-bond acceptors (Lipinski definition) is 4. The Kier molecular flexibility index (Phi) is 4.52. The van der Waals surface area contributed by atoms with E-state index in [9.17, 15) is 4.79 Å². The first-order valence-electron chi connectivity index (χ1n) is 6.22. The van der Waals surface area contributed by atoms with Crippen molar-refractivity contribution in [1.82, 2.24) is 10.3 Å². The highest BCUT2D eigenvalue weighted by Gasteiger charge is 2.10. The van der Waals surface area contributed by atoms with Crippen molar-refractivity contribution in [3.63, 3.8) is 0 Å². The minimum atomic E-state index is -0.0850. The summed E-state index contributed by atoms with van der Waals surface area (Å²) in [5.41, 5.74) is 1.35. The van der Waals surface area contributed by atoms with Gasteiger partial charge in [-0.05, 0) is 24.6 Å². The van der Waals surface area contributed by atoms with Crippen LogP contribution in [0.4, 0.5) is 5.69 Å². The molecule has 100 valence electrons. The molecule has 5 heteroatoms. The highest BCUT2D eigenvalue weighted by Crippen LogP contribution is 2.17. The van der Waals surface area contributed by atoms with Crippen LogP contribution in [-0.2, 0) is 13.0 Å². The number of anilines is 1. The smallest absolute Gasteiger partial charge is 0.253 e. The zero-order valence-electron chi connectivity index (χ0n) is 11.1. The molecule has 0 unspecified atom stereocenters. The summed E-state index contributed by atoms with van der Waals surface area (Å²) in [7, 11) is 1.78. The summed E-state index contributed by atoms with van der Waals surface area (Å²) in [4.78, 5) is 18.6. The zero-order chi connectivity index (χ0) is 13.7. The summed E-state index contributed by atoms with van der Waals surface area (Å²) in [6.07, 6.45) is 4.30. The third-order valence-corrected chi connectivity index (χ3v) is 4.05. The number of nitrogens with one attached hydrogen (secondary N) is 2. The number of carbonyl (C=O) groups excluding carboxylic acids is 1. The van der Waals surface area contributed by atoms with Gasteiger partial charge in [-0.15, -0.1) is 11.3 Å². The van der Waals surface area contributed by atoms with Gasteiger partial charge in [0, 0.05) is 23.0 Å². The van der Waals surface area contributed by atoms with E-state index in [1.165, 1.54) is 9.75 Å². The molecule has 0 atom stereocenters. The van der Waals surface area contributed by atoms with Crippen molar-refractivity contribution >= 4 is 22.9 Å². The highest BCUT2D eigenvalue weighted by molar-refractivity contribution is 7.11. The molecule has 19 heavy (non-hydrogen) atoms. The summed E-state index contributed by atoms with van der Waals surface area (Å²) in [6.45, 7) is 2.69. The van der Waals surface area contributed by atoms with Crippen LogP contribution in [-0.4, -0.2) is 17.9 Å². The number of aromatic nitrogens is 1. The number of carbonyl (C=O) groups is 1. The highest BCUT2D eigenvalue weighted by atomic mass is 32.1. The molecule has 0 fully saturated rings. The van der Waals surface area contributed by atoms with Gasteiger partial charge in [-0.25, -0.2) is 0 Å². The number of rotatable bonds is 5. The molecular formula is C14H17N3OS. The first-order chi connectivity index (χ1) is 9.24. The summed E-state index contributed by atoms with van der Waals surface area (Å²) < 4.78 is 0. The maximum Gasteiger partial charge on any atom is 0.253 e. The molecule has 0 radical (unpaired) electrons. The number of hydrogen-bond donors (Lipinski definition) is 2. The number of aryl methyl sites for hydroxylation is 1. The van der Waals surface area contributed by atoms with Gasteiger partial charge in [-0.1, -0.05) is 6.92 Å². The Balaban J connectivity index is 2.01. The molecule has 4 nitrogen and oxygen atoms in total. The molecule has 0 aliphatic rings. The predicted molar refractivity (Wildman–Crippen MR) is 78.7 cm³/mol. The summed E-state index contributed by atoms with van der Waals surface area (Å²) in [5.74, 6) is -0.0850. The minimum Gasteiger partial charge on any atom is -0.386 e. The third kappa shape index (κ3) is 3.32. The van der Waals surface area contributed by atoms with Crippen LogP contribution in [0, 0.1) is 0 Å². The second kappa shape index (κ2) is 6.33. The fourth-order valence-corrected chi connectivity index (χ4v) is 2.66. The van der Waals surface area contributed by atoms with Gasteiger partial charge < -0.3 is 10.6 Å². The SMILES string of the molecule is CCc1ccc(CNC(=O)c2ccncc2NC)s1. The van der Waals surface area contributed by atoms with Crippen molar-refractivity contribution < 1.29 is 4.79 Å². The van der Waals surface area contributed by atoms with E-state index in [4.69, 9.17) is 0 Å². The molecule has 2 aromatic heterocycles. The van der Waals surface area contributed by atoms with Crippen LogP contribution in [0.15, 0.2) is 30.6 Å². The summed E-state index contributed by atoms with van der Waals surface area (Å²) >= 11 is 1.74. The molecular weight excluding hydrogens is 258 g/mol. The van der Waals surface area contributed by atoms with Crippen molar-refractivity contribution in [3.8, 4) is 0 Å². The Bertz CT molecular complexity index is 565. The van der Waals surface area contributed by atoms with Crippen molar-refractivity contribution in [2.75, 3.05) is 12.4 Å². The zero-order valence-corrected chi connectivity index (χ0v) is 11.9. The Morgan fingerprint density at radius 2 is 2.11 bits per heavy atom. The van der Waals surface area contributed by atoms with E-state index in [0.29, 0.717) is 12.1 Å². The van der Waals surface area contributed by atoms with E-state index in [0.717, 1.165) is 12.1 Å². The topological polar surface area (TPSA) is 54.0 Å². The number of thiophene rings is 1. The maximum atomic E-state index is 12.1. The van der Waals surface area contributed by atoms with E-state index < -0.39 is 0 Å². The Morgan fingerprint density at radius 1 is 1.32 bits per heavy atom. The van der Waals surface area contributed by atoms with Gasteiger partial charge in [0.15, 0.2) is 0 Å². The van der Waals surface area contributed by atoms with Gasteiger partial charge in [0.05, 0.1) is 24.0 Å². The number of nitrogens with zero attached hydrogens (tertiary/aromatic N) is 1. The normalized spacial score (nSPS) is 10.2. The summed E-state index contributed by atoms with van der Waals surface area (Å²) in [5, 5.41) is 5.90. The van der Waals surface area contributed by atoms with Crippen LogP contribution < -0.4 is 10.6 Å². The van der Waals surface area contributed by atoms with E-state index in [2.05, 4.69) is 34.7 Å². The van der Waals surface area contributed by atoms with Crippen LogP contribution in [0.1, 0.15) is 27.0 Å². The molecule has 2 aromatic rings. The van der Waals surface area contributed by atoms with Gasteiger partial charge in [-0.3, -0.25) is 9.78 Å². The molecule has 0 saturated carbocycles. The monoisotopic (exact) mass is 275 g/mol. The molecule has 0 saturated heterocycles. The number of amides is 1. The molecule has 2 heterocycles. The first kappa shape index (κ1) is 13.5. The second-order valence-corrected chi connectivity index (χ2v) is 5.33. The molecule has 2 rings (SSSR count). The fraction of sp³-hybridized carbons (Fsp3) is 0.286. The van der Waals surface area contributed by atoms with Crippen molar-refractivity contribution in [1.29, 1.82) is 0 Å². The fourth-order valence-electron chi connectivity index (χ4n) is 1.76. The van der Waals surface area contributed by atoms with Crippen LogP contribution >= 0.6 is 11.3 Å². The molecule has 1 amide bonds. The largest absolute Gasteiger partial charge is 0.386 e. The van der Waals surface area contributed by atoms with E-state index in [1.54, 1.807) is 36.8 Å². The van der Waals surface area contributed by atoms with Crippen LogP contribution in [0.2, 0.25) is 0 Å². The molecule has 0 aromatic carbocycles. The first-order valence-corrected chi connectivity index (χ1v) is 7.03. The van der Waals surface area contributed by atoms with Crippen LogP contribution in [0.25, 0.3) is 0 Å². The third-order valence-electron chi connectivity index (χ3n) is 2.82. The Labute approximate surface area is 116 Å². The number of pyridine rings is 1. The quantitative estimate of drug-likeness (QED) is 0.882. The molecule has 2 N–H and O–H groups in total. The lowest BCUT2D eigenvalue weighted by Crippen LogP contribution is -2.23. The van der Waals surface area contributed by atoms with E-state index in [1.807, 2.05) is 0 Å². The van der Waals surface area contributed by atoms with Gasteiger partial charge in [0.1, 0.15) is 0 Å². The predicted octanol–water partition coefficient (Wildman–Crippen LogP) is 2.68. The average Bonchev–Trinajstić information content (AvgIpc) is 2.92. The van der Waals surface area contributed by atoms with Gasteiger partial charge >= 0.3 is 0 Å². The molecule has 0 bridgehead atoms. The van der Waals surface area contributed by atoms with Crippen molar-refractivity contribution in [3.05, 3.63) is 45.9 Å². The maximum absolute atomic E-state index is 12.1. The second-order valence-electron chi connectivity index (χ2n) is 4.08. The van der Waals surface area contributed by atoms with Crippen LogP contribution in [0.3, 0.4) is 0 Å². The Morgan fingerprint density at radius 3 is 2.79 bits per heavy atom. The Hall–Kier alpha value is -1.88. The van der Waals surface area contributed by atoms with E-state index >= 15 is 0 Å². The van der Waals surface area contributed by atoms with Crippen molar-refractivity contribution in [2.45, 2.75) is 19.9 Å². The minimum absolute atomic E-state index is 0.0850. The average molecular weight is 275 g/mol. The van der Waals surface area contributed by atoms with Gasteiger partial charge in [0.2, 0.25) is 0 Å². The molecule has 0 aliphatic carbocycles. The van der Waals surface area contributed by atoms with Gasteiger partial charge in [0.25, 0.3) is 5.91 Å². The standard InChI is InChI=1S/C14H17N3OS/c1-3-10-4-5-11(19-10)8-17-14(18)12-6-7-16-9-13(12)15-2/h4-7,9,15H,3,8H2,1-2H3,(H,17,18). The lowest BCUT2D eigenvalue weighted by atomic mass is 10.2. The lowest BCUT2D eigenvalue weighted by Gasteiger charge is -2.08. The van der Waals surface area contributed by atoms with Gasteiger partial charge in [-0.2, -0.15) is 0 Å². The van der Waals surface area contributed by atoms with Crippen LogP contribution in [0.5, 0.6) is 0 Å². The van der Waals surface area contributed by atoms with Crippen molar-refractivity contribution in [2.24, 2.45) is 0 Å². The van der Waals surface area contributed by atoms with E-state index in [-0.39, 0.29) is 5.91 Å². The lowest BCUT2D eigenvalue weighted by molar-refractivity contribution is 0.0952. The summed E-state index contributed by atoms with van der Waals surface area (Å²) in [6, 6.07) is 5.89. The molecule has 0 spiro atoms.